The van der Waals surface area contributed by atoms with E-state index in [-0.39, 0.29) is 11.9 Å². The highest BCUT2D eigenvalue weighted by atomic mass is 35.5. The number of hydrogen-bond acceptors (Lipinski definition) is 3. The molecule has 0 saturated heterocycles. The Hall–Kier alpha value is -3.31. The van der Waals surface area contributed by atoms with Crippen LogP contribution >= 0.6 is 11.6 Å². The standard InChI is InChI=1S/C27H28ClN3O2/c1-18-12-13-25(19(2)16-18)33-15-7-14-31-24-11-5-4-10-23(24)30-26(31)20(3)29-27(32)21-8-6-9-22(28)17-21/h4-6,8-13,16-17,20H,7,14-15H2,1-3H3,(H,29,32). The molecule has 0 fully saturated rings. The Morgan fingerprint density at radius 1 is 1.09 bits per heavy atom. The Morgan fingerprint density at radius 2 is 1.91 bits per heavy atom. The molecule has 1 heterocycles. The third kappa shape index (κ3) is 5.37. The van der Waals surface area contributed by atoms with E-state index in [2.05, 4.69) is 41.9 Å². The number of nitrogens with one attached hydrogen (secondary N) is 1. The lowest BCUT2D eigenvalue weighted by Gasteiger charge is -2.17. The number of hydrogen-bond donors (Lipinski definition) is 1. The maximum Gasteiger partial charge on any atom is 0.251 e. The van der Waals surface area contributed by atoms with Gasteiger partial charge < -0.3 is 14.6 Å². The van der Waals surface area contributed by atoms with Crippen molar-refractivity contribution < 1.29 is 9.53 Å². The molecule has 33 heavy (non-hydrogen) atoms. The van der Waals surface area contributed by atoms with Gasteiger partial charge in [0.15, 0.2) is 0 Å². The molecule has 1 N–H and O–H groups in total. The number of para-hydroxylation sites is 2. The molecule has 0 aliphatic carbocycles. The van der Waals surface area contributed by atoms with Crippen molar-refractivity contribution in [3.8, 4) is 5.75 Å². The molecular formula is C27H28ClN3O2. The first-order chi connectivity index (χ1) is 15.9. The number of benzene rings is 3. The molecule has 3 aromatic carbocycles. The quantitative estimate of drug-likeness (QED) is 0.315. The molecule has 0 saturated carbocycles. The van der Waals surface area contributed by atoms with E-state index in [0.29, 0.717) is 17.2 Å². The van der Waals surface area contributed by atoms with Gasteiger partial charge in [0, 0.05) is 17.1 Å². The molecule has 0 bridgehead atoms. The minimum absolute atomic E-state index is 0.179. The van der Waals surface area contributed by atoms with Crippen LogP contribution in [0.25, 0.3) is 11.0 Å². The van der Waals surface area contributed by atoms with Gasteiger partial charge >= 0.3 is 0 Å². The number of nitrogens with zero attached hydrogens (tertiary/aromatic N) is 2. The number of carbonyl (C=O) groups is 1. The van der Waals surface area contributed by atoms with Crippen molar-refractivity contribution in [3.63, 3.8) is 0 Å². The van der Waals surface area contributed by atoms with Crippen molar-refractivity contribution in [1.82, 2.24) is 14.9 Å². The molecule has 170 valence electrons. The number of aryl methyl sites for hydroxylation is 3. The monoisotopic (exact) mass is 461 g/mol. The second kappa shape index (κ2) is 10.1. The molecule has 1 amide bonds. The smallest absolute Gasteiger partial charge is 0.251 e. The molecule has 0 radical (unpaired) electrons. The topological polar surface area (TPSA) is 56.1 Å². The lowest BCUT2D eigenvalue weighted by molar-refractivity contribution is 0.0937. The largest absolute Gasteiger partial charge is 0.493 e. The van der Waals surface area contributed by atoms with Gasteiger partial charge in [0.25, 0.3) is 5.91 Å². The molecule has 0 spiro atoms. The molecule has 5 nitrogen and oxygen atoms in total. The SMILES string of the molecule is Cc1ccc(OCCCn2c(C(C)NC(=O)c3cccc(Cl)c3)nc3ccccc32)c(C)c1. The molecular weight excluding hydrogens is 434 g/mol. The van der Waals surface area contributed by atoms with Crippen LogP contribution < -0.4 is 10.1 Å². The maximum absolute atomic E-state index is 12.8. The lowest BCUT2D eigenvalue weighted by Crippen LogP contribution is -2.28. The normalized spacial score (nSPS) is 12.0. The number of halogens is 1. The summed E-state index contributed by atoms with van der Waals surface area (Å²) >= 11 is 6.05. The first-order valence-corrected chi connectivity index (χ1v) is 11.5. The van der Waals surface area contributed by atoms with Crippen molar-refractivity contribution in [1.29, 1.82) is 0 Å². The highest BCUT2D eigenvalue weighted by Crippen LogP contribution is 2.23. The zero-order chi connectivity index (χ0) is 23.4. The Morgan fingerprint density at radius 3 is 2.70 bits per heavy atom. The van der Waals surface area contributed by atoms with E-state index in [0.717, 1.165) is 41.1 Å². The van der Waals surface area contributed by atoms with E-state index < -0.39 is 0 Å². The van der Waals surface area contributed by atoms with Gasteiger partial charge in [-0.2, -0.15) is 0 Å². The zero-order valence-corrected chi connectivity index (χ0v) is 19.9. The van der Waals surface area contributed by atoms with E-state index >= 15 is 0 Å². The number of carbonyl (C=O) groups excluding carboxylic acids is 1. The van der Waals surface area contributed by atoms with Crippen molar-refractivity contribution >= 4 is 28.5 Å². The minimum atomic E-state index is -0.274. The summed E-state index contributed by atoms with van der Waals surface area (Å²) in [5, 5.41) is 3.59. The Kier molecular flexibility index (Phi) is 6.99. The number of ether oxygens (including phenoxy) is 1. The number of rotatable bonds is 8. The fraction of sp³-hybridized carbons (Fsp3) is 0.259. The third-order valence-electron chi connectivity index (χ3n) is 5.62. The van der Waals surface area contributed by atoms with Crippen LogP contribution in [0.3, 0.4) is 0 Å². The Balaban J connectivity index is 1.48. The van der Waals surface area contributed by atoms with Crippen LogP contribution in [0.15, 0.2) is 66.7 Å². The molecule has 1 atom stereocenters. The summed E-state index contributed by atoms with van der Waals surface area (Å²) in [5.41, 5.74) is 4.85. The predicted molar refractivity (Wildman–Crippen MR) is 133 cm³/mol. The average Bonchev–Trinajstić information content (AvgIpc) is 3.16. The van der Waals surface area contributed by atoms with Gasteiger partial charge in [-0.1, -0.05) is 47.5 Å². The maximum atomic E-state index is 12.8. The second-order valence-corrected chi connectivity index (χ2v) is 8.72. The van der Waals surface area contributed by atoms with Crippen LogP contribution in [-0.4, -0.2) is 22.1 Å². The highest BCUT2D eigenvalue weighted by Gasteiger charge is 2.19. The van der Waals surface area contributed by atoms with Crippen LogP contribution in [-0.2, 0) is 6.54 Å². The summed E-state index contributed by atoms with van der Waals surface area (Å²) in [6, 6.07) is 20.9. The number of aromatic nitrogens is 2. The summed E-state index contributed by atoms with van der Waals surface area (Å²) < 4.78 is 8.19. The minimum Gasteiger partial charge on any atom is -0.493 e. The van der Waals surface area contributed by atoms with Crippen LogP contribution in [0.5, 0.6) is 5.75 Å². The number of imidazole rings is 1. The fourth-order valence-electron chi connectivity index (χ4n) is 4.00. The first-order valence-electron chi connectivity index (χ1n) is 11.1. The van der Waals surface area contributed by atoms with Gasteiger partial charge in [0.05, 0.1) is 23.7 Å². The Bertz CT molecular complexity index is 1280. The highest BCUT2D eigenvalue weighted by molar-refractivity contribution is 6.30. The van der Waals surface area contributed by atoms with Crippen LogP contribution in [0.2, 0.25) is 5.02 Å². The predicted octanol–water partition coefficient (Wildman–Crippen LogP) is 6.27. The van der Waals surface area contributed by atoms with E-state index in [1.807, 2.05) is 31.2 Å². The summed E-state index contributed by atoms with van der Waals surface area (Å²) in [5.74, 6) is 1.55. The van der Waals surface area contributed by atoms with Crippen LogP contribution in [0, 0.1) is 13.8 Å². The van der Waals surface area contributed by atoms with Crippen LogP contribution in [0.4, 0.5) is 0 Å². The lowest BCUT2D eigenvalue weighted by atomic mass is 10.1. The van der Waals surface area contributed by atoms with E-state index in [1.54, 1.807) is 24.3 Å². The van der Waals surface area contributed by atoms with Gasteiger partial charge in [-0.15, -0.1) is 0 Å². The molecule has 0 aliphatic heterocycles. The molecule has 4 aromatic rings. The average molecular weight is 462 g/mol. The summed E-state index contributed by atoms with van der Waals surface area (Å²) in [7, 11) is 0. The van der Waals surface area contributed by atoms with Crippen molar-refractivity contribution in [2.45, 2.75) is 39.8 Å². The summed E-state index contributed by atoms with van der Waals surface area (Å²) in [6.07, 6.45) is 0.815. The number of amides is 1. The van der Waals surface area contributed by atoms with Gasteiger partial charge in [-0.25, -0.2) is 4.98 Å². The van der Waals surface area contributed by atoms with Crippen molar-refractivity contribution in [3.05, 3.63) is 94.3 Å². The zero-order valence-electron chi connectivity index (χ0n) is 19.1. The van der Waals surface area contributed by atoms with Gasteiger partial charge in [0.1, 0.15) is 11.6 Å². The fourth-order valence-corrected chi connectivity index (χ4v) is 4.19. The summed E-state index contributed by atoms with van der Waals surface area (Å²) in [4.78, 5) is 17.6. The van der Waals surface area contributed by atoms with Crippen molar-refractivity contribution in [2.75, 3.05) is 6.61 Å². The molecule has 6 heteroatoms. The van der Waals surface area contributed by atoms with Gasteiger partial charge in [-0.05, 0) is 69.2 Å². The molecule has 4 rings (SSSR count). The van der Waals surface area contributed by atoms with E-state index in [1.165, 1.54) is 5.56 Å². The van der Waals surface area contributed by atoms with E-state index in [4.69, 9.17) is 21.3 Å². The summed E-state index contributed by atoms with van der Waals surface area (Å²) in [6.45, 7) is 7.42. The van der Waals surface area contributed by atoms with Crippen LogP contribution in [0.1, 0.15) is 46.7 Å². The van der Waals surface area contributed by atoms with E-state index in [9.17, 15) is 4.79 Å². The van der Waals surface area contributed by atoms with Gasteiger partial charge in [0.2, 0.25) is 0 Å². The molecule has 0 aliphatic rings. The first kappa shape index (κ1) is 22.9. The Labute approximate surface area is 199 Å². The van der Waals surface area contributed by atoms with Gasteiger partial charge in [-0.3, -0.25) is 4.79 Å². The number of fused-ring (bicyclic) bond motifs is 1. The third-order valence-corrected chi connectivity index (χ3v) is 5.85. The second-order valence-electron chi connectivity index (χ2n) is 8.29. The van der Waals surface area contributed by atoms with Crippen molar-refractivity contribution in [2.24, 2.45) is 0 Å². The molecule has 1 aromatic heterocycles. The molecule has 1 unspecified atom stereocenters.